The van der Waals surface area contributed by atoms with Crippen molar-refractivity contribution in [2.75, 3.05) is 0 Å². The lowest BCUT2D eigenvalue weighted by molar-refractivity contribution is 0.421. The molecule has 0 spiro atoms. The van der Waals surface area contributed by atoms with Crippen LogP contribution in [0.25, 0.3) is 0 Å². The number of rotatable bonds is 2. The van der Waals surface area contributed by atoms with Gasteiger partial charge in [0.2, 0.25) is 0 Å². The molecule has 0 N–H and O–H groups in total. The maximum atomic E-state index is 8.86. The van der Waals surface area contributed by atoms with Crippen molar-refractivity contribution in [1.82, 2.24) is 9.97 Å². The van der Waals surface area contributed by atoms with Crippen LogP contribution in [0.2, 0.25) is 0 Å². The maximum Gasteiger partial charge on any atom is 0.323 e. The summed E-state index contributed by atoms with van der Waals surface area (Å²) in [6, 6.07) is 9.79. The van der Waals surface area contributed by atoms with E-state index >= 15 is 0 Å². The molecule has 4 nitrogen and oxygen atoms in total. The standard InChI is InChI=1S/C16H17N3O/c1-11-5-6-13(16(2,3)4)14(9-11)20-15-18-8-7-12(10-17)19-15/h5-9H,1-4H3. The molecule has 1 heterocycles. The van der Waals surface area contributed by atoms with Gasteiger partial charge in [0.1, 0.15) is 17.5 Å². The average molecular weight is 267 g/mol. The summed E-state index contributed by atoms with van der Waals surface area (Å²) >= 11 is 0. The first kappa shape index (κ1) is 14.0. The van der Waals surface area contributed by atoms with Crippen molar-refractivity contribution in [2.45, 2.75) is 33.1 Å². The first-order chi connectivity index (χ1) is 9.40. The van der Waals surface area contributed by atoms with E-state index in [1.807, 2.05) is 19.1 Å². The van der Waals surface area contributed by atoms with Gasteiger partial charge < -0.3 is 4.74 Å². The Bertz CT molecular complexity index is 666. The number of nitriles is 1. The van der Waals surface area contributed by atoms with E-state index in [2.05, 4.69) is 42.9 Å². The molecule has 102 valence electrons. The molecule has 0 aliphatic heterocycles. The van der Waals surface area contributed by atoms with E-state index in [4.69, 9.17) is 10.00 Å². The molecule has 0 fully saturated rings. The zero-order valence-corrected chi connectivity index (χ0v) is 12.1. The highest BCUT2D eigenvalue weighted by molar-refractivity contribution is 5.42. The second-order valence-corrected chi connectivity index (χ2v) is 5.69. The summed E-state index contributed by atoms with van der Waals surface area (Å²) in [6.07, 6.45) is 1.52. The molecule has 1 aromatic heterocycles. The molecule has 1 aromatic carbocycles. The molecule has 0 saturated heterocycles. The van der Waals surface area contributed by atoms with E-state index in [0.29, 0.717) is 5.69 Å². The van der Waals surface area contributed by atoms with Crippen LogP contribution in [0.15, 0.2) is 30.5 Å². The smallest absolute Gasteiger partial charge is 0.323 e. The minimum Gasteiger partial charge on any atom is -0.424 e. The summed E-state index contributed by atoms with van der Waals surface area (Å²) in [7, 11) is 0. The lowest BCUT2D eigenvalue weighted by Gasteiger charge is -2.22. The normalized spacial score (nSPS) is 10.9. The van der Waals surface area contributed by atoms with Gasteiger partial charge in [-0.2, -0.15) is 10.2 Å². The van der Waals surface area contributed by atoms with Crippen molar-refractivity contribution in [1.29, 1.82) is 5.26 Å². The second kappa shape index (κ2) is 5.30. The van der Waals surface area contributed by atoms with Gasteiger partial charge in [0.25, 0.3) is 0 Å². The Hall–Kier alpha value is -2.41. The Balaban J connectivity index is 2.42. The largest absolute Gasteiger partial charge is 0.424 e. The molecule has 4 heteroatoms. The van der Waals surface area contributed by atoms with Gasteiger partial charge in [0.05, 0.1) is 0 Å². The number of nitrogens with zero attached hydrogens (tertiary/aromatic N) is 3. The quantitative estimate of drug-likeness (QED) is 0.831. The van der Waals surface area contributed by atoms with Crippen LogP contribution in [0.3, 0.4) is 0 Å². The summed E-state index contributed by atoms with van der Waals surface area (Å²) in [5, 5.41) is 8.86. The van der Waals surface area contributed by atoms with E-state index in [0.717, 1.165) is 16.9 Å². The zero-order chi connectivity index (χ0) is 14.8. The number of aryl methyl sites for hydroxylation is 1. The number of benzene rings is 1. The van der Waals surface area contributed by atoms with Crippen molar-refractivity contribution in [3.8, 4) is 17.8 Å². The molecule has 2 aromatic rings. The highest BCUT2D eigenvalue weighted by atomic mass is 16.5. The Morgan fingerprint density at radius 2 is 1.95 bits per heavy atom. The van der Waals surface area contributed by atoms with Gasteiger partial charge in [-0.05, 0) is 30.0 Å². The third-order valence-electron chi connectivity index (χ3n) is 2.89. The fourth-order valence-electron chi connectivity index (χ4n) is 1.88. The van der Waals surface area contributed by atoms with Crippen LogP contribution in [0.4, 0.5) is 0 Å². The molecular weight excluding hydrogens is 250 g/mol. The number of ether oxygens (including phenoxy) is 1. The van der Waals surface area contributed by atoms with Crippen LogP contribution in [0.5, 0.6) is 11.8 Å². The van der Waals surface area contributed by atoms with Gasteiger partial charge in [-0.25, -0.2) is 4.98 Å². The molecule has 2 rings (SSSR count). The molecule has 0 radical (unpaired) electrons. The van der Waals surface area contributed by atoms with Crippen LogP contribution in [0.1, 0.15) is 37.6 Å². The molecular formula is C16H17N3O. The van der Waals surface area contributed by atoms with Gasteiger partial charge in [0.15, 0.2) is 0 Å². The van der Waals surface area contributed by atoms with Crippen molar-refractivity contribution < 1.29 is 4.74 Å². The van der Waals surface area contributed by atoms with Crippen molar-refractivity contribution in [3.63, 3.8) is 0 Å². The highest BCUT2D eigenvalue weighted by Crippen LogP contribution is 2.33. The lowest BCUT2D eigenvalue weighted by Crippen LogP contribution is -2.13. The van der Waals surface area contributed by atoms with Gasteiger partial charge >= 0.3 is 6.01 Å². The zero-order valence-electron chi connectivity index (χ0n) is 12.1. The molecule has 0 unspecified atom stereocenters. The van der Waals surface area contributed by atoms with E-state index in [1.54, 1.807) is 6.07 Å². The van der Waals surface area contributed by atoms with Crippen molar-refractivity contribution in [3.05, 3.63) is 47.3 Å². The Kier molecular flexibility index (Phi) is 3.71. The van der Waals surface area contributed by atoms with Gasteiger partial charge in [-0.3, -0.25) is 0 Å². The highest BCUT2D eigenvalue weighted by Gasteiger charge is 2.20. The van der Waals surface area contributed by atoms with Crippen LogP contribution < -0.4 is 4.74 Å². The topological polar surface area (TPSA) is 58.8 Å². The predicted molar refractivity (Wildman–Crippen MR) is 76.7 cm³/mol. The molecule has 0 aliphatic carbocycles. The summed E-state index contributed by atoms with van der Waals surface area (Å²) in [4.78, 5) is 8.10. The third-order valence-corrected chi connectivity index (χ3v) is 2.89. The summed E-state index contributed by atoms with van der Waals surface area (Å²) < 4.78 is 5.79. The molecule has 20 heavy (non-hydrogen) atoms. The van der Waals surface area contributed by atoms with Gasteiger partial charge in [-0.15, -0.1) is 0 Å². The molecule has 0 aliphatic rings. The minimum absolute atomic E-state index is 0.0458. The van der Waals surface area contributed by atoms with Crippen LogP contribution in [-0.2, 0) is 5.41 Å². The van der Waals surface area contributed by atoms with Crippen molar-refractivity contribution >= 4 is 0 Å². The number of hydrogen-bond donors (Lipinski definition) is 0. The monoisotopic (exact) mass is 267 g/mol. The Labute approximate surface area is 119 Å². The predicted octanol–water partition coefficient (Wildman–Crippen LogP) is 3.75. The molecule has 0 bridgehead atoms. The average Bonchev–Trinajstić information content (AvgIpc) is 2.37. The minimum atomic E-state index is -0.0458. The molecule has 0 saturated carbocycles. The second-order valence-electron chi connectivity index (χ2n) is 5.69. The first-order valence-corrected chi connectivity index (χ1v) is 6.42. The Morgan fingerprint density at radius 1 is 1.20 bits per heavy atom. The van der Waals surface area contributed by atoms with Gasteiger partial charge in [-0.1, -0.05) is 32.9 Å². The number of hydrogen-bond acceptors (Lipinski definition) is 4. The summed E-state index contributed by atoms with van der Waals surface area (Å²) in [5.74, 6) is 0.729. The van der Waals surface area contributed by atoms with E-state index in [9.17, 15) is 0 Å². The van der Waals surface area contributed by atoms with Crippen LogP contribution in [-0.4, -0.2) is 9.97 Å². The fourth-order valence-corrected chi connectivity index (χ4v) is 1.88. The van der Waals surface area contributed by atoms with Crippen LogP contribution >= 0.6 is 0 Å². The molecule has 0 atom stereocenters. The third kappa shape index (κ3) is 3.12. The summed E-state index contributed by atoms with van der Waals surface area (Å²) in [6.45, 7) is 8.37. The fraction of sp³-hybridized carbons (Fsp3) is 0.312. The first-order valence-electron chi connectivity index (χ1n) is 6.42. The molecule has 0 amide bonds. The SMILES string of the molecule is Cc1ccc(C(C)(C)C)c(Oc2nccc(C#N)n2)c1. The lowest BCUT2D eigenvalue weighted by atomic mass is 9.86. The van der Waals surface area contributed by atoms with Crippen molar-refractivity contribution in [2.24, 2.45) is 0 Å². The summed E-state index contributed by atoms with van der Waals surface area (Å²) in [5.41, 5.74) is 2.43. The van der Waals surface area contributed by atoms with E-state index in [-0.39, 0.29) is 11.4 Å². The maximum absolute atomic E-state index is 8.86. The van der Waals surface area contributed by atoms with Gasteiger partial charge in [0, 0.05) is 11.8 Å². The number of aromatic nitrogens is 2. The van der Waals surface area contributed by atoms with Crippen LogP contribution in [0, 0.1) is 18.3 Å². The Morgan fingerprint density at radius 3 is 2.60 bits per heavy atom. The van der Waals surface area contributed by atoms with E-state index < -0.39 is 0 Å². The van der Waals surface area contributed by atoms with E-state index in [1.165, 1.54) is 6.20 Å².